The number of imidazole rings is 1. The van der Waals surface area contributed by atoms with Crippen LogP contribution in [0.15, 0.2) is 36.5 Å². The van der Waals surface area contributed by atoms with Crippen LogP contribution in [0.4, 0.5) is 0 Å². The molecule has 3 rings (SSSR count). The molecule has 2 aromatic heterocycles. The lowest BCUT2D eigenvalue weighted by atomic mass is 10.1. The van der Waals surface area contributed by atoms with Crippen molar-refractivity contribution in [2.45, 2.75) is 13.8 Å². The van der Waals surface area contributed by atoms with Crippen molar-refractivity contribution in [1.29, 1.82) is 0 Å². The second-order valence-corrected chi connectivity index (χ2v) is 4.75. The highest BCUT2D eigenvalue weighted by Crippen LogP contribution is 2.22. The first-order chi connectivity index (χ1) is 8.68. The fourth-order valence-electron chi connectivity index (χ4n) is 2.14. The van der Waals surface area contributed by atoms with E-state index >= 15 is 0 Å². The number of nitrogens with zero attached hydrogens (tertiary/aromatic N) is 2. The van der Waals surface area contributed by atoms with E-state index in [1.54, 1.807) is 6.20 Å². The zero-order valence-electron chi connectivity index (χ0n) is 10.3. The lowest BCUT2D eigenvalue weighted by Gasteiger charge is -2.09. The highest BCUT2D eigenvalue weighted by Gasteiger charge is 2.09. The van der Waals surface area contributed by atoms with E-state index in [2.05, 4.69) is 35.9 Å². The summed E-state index contributed by atoms with van der Waals surface area (Å²) in [6, 6.07) is 10.1. The van der Waals surface area contributed by atoms with Crippen molar-refractivity contribution >= 4 is 23.4 Å². The Balaban J connectivity index is 2.42. The first-order valence-corrected chi connectivity index (χ1v) is 6.21. The highest BCUT2D eigenvalue weighted by atomic mass is 32.1. The zero-order chi connectivity index (χ0) is 12.7. The molecule has 0 spiro atoms. The van der Waals surface area contributed by atoms with Crippen molar-refractivity contribution in [3.8, 4) is 5.69 Å². The summed E-state index contributed by atoms with van der Waals surface area (Å²) in [5.74, 6) is 0. The molecule has 0 saturated carbocycles. The lowest BCUT2D eigenvalue weighted by molar-refractivity contribution is 1.02. The van der Waals surface area contributed by atoms with Gasteiger partial charge in [0.25, 0.3) is 0 Å². The number of rotatable bonds is 1. The molecule has 0 unspecified atom stereocenters. The normalized spacial score (nSPS) is 11.0. The van der Waals surface area contributed by atoms with Gasteiger partial charge in [0.2, 0.25) is 0 Å². The number of nitrogens with one attached hydrogen (secondary N) is 1. The smallest absolute Gasteiger partial charge is 0.184 e. The Morgan fingerprint density at radius 3 is 2.83 bits per heavy atom. The van der Waals surface area contributed by atoms with E-state index in [1.165, 1.54) is 11.1 Å². The first kappa shape index (κ1) is 11.2. The molecule has 0 aliphatic rings. The Morgan fingerprint density at radius 1 is 1.17 bits per heavy atom. The molecule has 0 radical (unpaired) electrons. The molecule has 4 heteroatoms. The Kier molecular flexibility index (Phi) is 2.52. The molecule has 0 aliphatic heterocycles. The molecular formula is C14H13N3S. The van der Waals surface area contributed by atoms with Crippen LogP contribution in [0.2, 0.25) is 0 Å². The molecule has 0 fully saturated rings. The van der Waals surface area contributed by atoms with Gasteiger partial charge in [-0.05, 0) is 55.4 Å². The van der Waals surface area contributed by atoms with Crippen LogP contribution >= 0.6 is 12.2 Å². The number of aromatic amines is 1. The van der Waals surface area contributed by atoms with Crippen molar-refractivity contribution in [2.75, 3.05) is 0 Å². The molecule has 0 bridgehead atoms. The largest absolute Gasteiger partial charge is 0.329 e. The van der Waals surface area contributed by atoms with E-state index < -0.39 is 0 Å². The standard InChI is InChI=1S/C14H13N3S/c1-9-5-3-7-12(10(9)2)17-13-11(16-14(17)18)6-4-8-15-13/h3-8H,1-2H3,(H,16,18). The average Bonchev–Trinajstić information content (AvgIpc) is 2.69. The van der Waals surface area contributed by atoms with Gasteiger partial charge in [-0.15, -0.1) is 0 Å². The Hall–Kier alpha value is -1.94. The van der Waals surface area contributed by atoms with Crippen LogP contribution in [0.5, 0.6) is 0 Å². The van der Waals surface area contributed by atoms with Crippen molar-refractivity contribution in [1.82, 2.24) is 14.5 Å². The van der Waals surface area contributed by atoms with Gasteiger partial charge in [0.15, 0.2) is 10.4 Å². The molecule has 1 aromatic carbocycles. The maximum absolute atomic E-state index is 5.41. The summed E-state index contributed by atoms with van der Waals surface area (Å²) < 4.78 is 2.67. The Morgan fingerprint density at radius 2 is 2.00 bits per heavy atom. The van der Waals surface area contributed by atoms with Gasteiger partial charge in [-0.1, -0.05) is 12.1 Å². The summed E-state index contributed by atoms with van der Waals surface area (Å²) in [5.41, 5.74) is 5.39. The van der Waals surface area contributed by atoms with Gasteiger partial charge in [-0.3, -0.25) is 4.57 Å². The van der Waals surface area contributed by atoms with E-state index in [1.807, 2.05) is 22.8 Å². The monoisotopic (exact) mass is 255 g/mol. The molecule has 1 N–H and O–H groups in total. The van der Waals surface area contributed by atoms with Crippen molar-refractivity contribution in [2.24, 2.45) is 0 Å². The SMILES string of the molecule is Cc1cccc(-n2c(=S)[nH]c3cccnc32)c1C. The minimum atomic E-state index is 0.678. The molecule has 0 atom stereocenters. The number of fused-ring (bicyclic) bond motifs is 1. The third-order valence-corrected chi connectivity index (χ3v) is 3.54. The van der Waals surface area contributed by atoms with Crippen molar-refractivity contribution in [3.05, 3.63) is 52.4 Å². The molecule has 2 heterocycles. The maximum atomic E-state index is 5.41. The van der Waals surface area contributed by atoms with E-state index in [-0.39, 0.29) is 0 Å². The van der Waals surface area contributed by atoms with Gasteiger partial charge in [-0.2, -0.15) is 0 Å². The maximum Gasteiger partial charge on any atom is 0.184 e. The molecule has 3 aromatic rings. The van der Waals surface area contributed by atoms with Gasteiger partial charge in [0, 0.05) is 6.20 Å². The number of benzene rings is 1. The van der Waals surface area contributed by atoms with Crippen LogP contribution in [0.1, 0.15) is 11.1 Å². The van der Waals surface area contributed by atoms with E-state index in [0.717, 1.165) is 16.9 Å². The van der Waals surface area contributed by atoms with Gasteiger partial charge in [0.1, 0.15) is 0 Å². The number of hydrogen-bond acceptors (Lipinski definition) is 2. The number of pyridine rings is 1. The van der Waals surface area contributed by atoms with Crippen LogP contribution in [0.25, 0.3) is 16.9 Å². The number of aryl methyl sites for hydroxylation is 1. The minimum absolute atomic E-state index is 0.678. The summed E-state index contributed by atoms with van der Waals surface area (Å²) in [5, 5.41) is 0. The summed E-state index contributed by atoms with van der Waals surface area (Å²) in [4.78, 5) is 7.60. The quantitative estimate of drug-likeness (QED) is 0.673. The summed E-state index contributed by atoms with van der Waals surface area (Å²) in [6.45, 7) is 4.21. The number of hydrogen-bond donors (Lipinski definition) is 1. The van der Waals surface area contributed by atoms with Gasteiger partial charge in [-0.25, -0.2) is 4.98 Å². The predicted octanol–water partition coefficient (Wildman–Crippen LogP) is 3.70. The molecule has 0 aliphatic carbocycles. The molecule has 3 nitrogen and oxygen atoms in total. The Labute approximate surface area is 110 Å². The second kappa shape index (κ2) is 4.07. The van der Waals surface area contributed by atoms with Crippen LogP contribution in [0, 0.1) is 18.6 Å². The van der Waals surface area contributed by atoms with Crippen molar-refractivity contribution < 1.29 is 0 Å². The van der Waals surface area contributed by atoms with E-state index in [9.17, 15) is 0 Å². The summed E-state index contributed by atoms with van der Waals surface area (Å²) >= 11 is 5.41. The number of H-pyrrole nitrogens is 1. The fraction of sp³-hybridized carbons (Fsp3) is 0.143. The third kappa shape index (κ3) is 1.57. The van der Waals surface area contributed by atoms with Crippen LogP contribution < -0.4 is 0 Å². The zero-order valence-corrected chi connectivity index (χ0v) is 11.1. The summed E-state index contributed by atoms with van der Waals surface area (Å²) in [7, 11) is 0. The highest BCUT2D eigenvalue weighted by molar-refractivity contribution is 7.71. The molecule has 90 valence electrons. The van der Waals surface area contributed by atoms with Crippen LogP contribution in [-0.2, 0) is 0 Å². The third-order valence-electron chi connectivity index (χ3n) is 3.26. The Bertz CT molecular complexity index is 783. The van der Waals surface area contributed by atoms with Gasteiger partial charge < -0.3 is 4.98 Å². The fourth-order valence-corrected chi connectivity index (χ4v) is 2.44. The predicted molar refractivity (Wildman–Crippen MR) is 75.7 cm³/mol. The van der Waals surface area contributed by atoms with Crippen LogP contribution in [-0.4, -0.2) is 14.5 Å². The molecule has 18 heavy (non-hydrogen) atoms. The molecule has 0 amide bonds. The minimum Gasteiger partial charge on any atom is -0.329 e. The lowest BCUT2D eigenvalue weighted by Crippen LogP contribution is -1.99. The summed E-state index contributed by atoms with van der Waals surface area (Å²) in [6.07, 6.45) is 1.78. The van der Waals surface area contributed by atoms with Gasteiger partial charge in [0.05, 0.1) is 11.2 Å². The van der Waals surface area contributed by atoms with E-state index in [4.69, 9.17) is 12.2 Å². The van der Waals surface area contributed by atoms with Crippen molar-refractivity contribution in [3.63, 3.8) is 0 Å². The van der Waals surface area contributed by atoms with Crippen LogP contribution in [0.3, 0.4) is 0 Å². The number of aromatic nitrogens is 3. The molecular weight excluding hydrogens is 242 g/mol. The second-order valence-electron chi connectivity index (χ2n) is 4.36. The van der Waals surface area contributed by atoms with E-state index in [0.29, 0.717) is 4.77 Å². The average molecular weight is 255 g/mol. The topological polar surface area (TPSA) is 33.6 Å². The first-order valence-electron chi connectivity index (χ1n) is 5.81. The van der Waals surface area contributed by atoms with Gasteiger partial charge >= 0.3 is 0 Å². The molecule has 0 saturated heterocycles.